The van der Waals surface area contributed by atoms with Crippen LogP contribution in [-0.4, -0.2) is 50.9 Å². The highest BCUT2D eigenvalue weighted by Gasteiger charge is 2.43. The number of nitrogens with zero attached hydrogens (tertiary/aromatic N) is 4. The van der Waals surface area contributed by atoms with Gasteiger partial charge in [-0.25, -0.2) is 4.98 Å². The maximum Gasteiger partial charge on any atom is 0.287 e. The summed E-state index contributed by atoms with van der Waals surface area (Å²) in [7, 11) is 0. The van der Waals surface area contributed by atoms with Crippen molar-refractivity contribution in [2.75, 3.05) is 28.6 Å². The summed E-state index contributed by atoms with van der Waals surface area (Å²) < 4.78 is 0. The van der Waals surface area contributed by atoms with Crippen molar-refractivity contribution in [3.63, 3.8) is 0 Å². The lowest BCUT2D eigenvalue weighted by molar-refractivity contribution is -0.385. The Kier molecular flexibility index (Phi) is 7.71. The maximum atomic E-state index is 13.4. The van der Waals surface area contributed by atoms with E-state index in [4.69, 9.17) is 23.8 Å². The van der Waals surface area contributed by atoms with Gasteiger partial charge < -0.3 is 15.5 Å². The molecule has 3 aromatic rings. The van der Waals surface area contributed by atoms with E-state index in [0.717, 1.165) is 6.20 Å². The Hall–Kier alpha value is -4.09. The monoisotopic (exact) mass is 524 g/mol. The fourth-order valence-corrected chi connectivity index (χ4v) is 4.27. The van der Waals surface area contributed by atoms with Crippen LogP contribution in [0.2, 0.25) is 5.02 Å². The van der Waals surface area contributed by atoms with Gasteiger partial charge in [0.1, 0.15) is 18.1 Å². The van der Waals surface area contributed by atoms with Gasteiger partial charge >= 0.3 is 0 Å². The van der Waals surface area contributed by atoms with Gasteiger partial charge in [-0.1, -0.05) is 29.8 Å². The van der Waals surface area contributed by atoms with Gasteiger partial charge in [-0.15, -0.1) is 0 Å². The van der Waals surface area contributed by atoms with Crippen LogP contribution in [0.3, 0.4) is 0 Å². The van der Waals surface area contributed by atoms with E-state index >= 15 is 0 Å². The summed E-state index contributed by atoms with van der Waals surface area (Å²) in [4.78, 5) is 43.7. The summed E-state index contributed by atoms with van der Waals surface area (Å²) >= 11 is 11.5. The standard InChI is InChI=1S/C24H21ClN6O4S/c25-16-6-8-17(9-7-16)28-22(32)14-20-23(33)30(18-4-2-1-3-5-18)24(36)29(20)13-12-26-21-11-10-19(15-27-21)31(34)35/h1-11,15,20H,12-14H2,(H,26,27)(H,28,32)/t20-/m1/s1. The van der Waals surface area contributed by atoms with Gasteiger partial charge in [-0.05, 0) is 54.7 Å². The Balaban J connectivity index is 1.48. The number of nitrogens with one attached hydrogen (secondary N) is 2. The molecule has 1 aromatic heterocycles. The van der Waals surface area contributed by atoms with Crippen molar-refractivity contribution in [2.45, 2.75) is 12.5 Å². The van der Waals surface area contributed by atoms with Gasteiger partial charge in [0.2, 0.25) is 5.91 Å². The first-order valence-electron chi connectivity index (χ1n) is 10.9. The number of rotatable bonds is 9. The van der Waals surface area contributed by atoms with Crippen LogP contribution < -0.4 is 15.5 Å². The highest BCUT2D eigenvalue weighted by Crippen LogP contribution is 2.27. The van der Waals surface area contributed by atoms with E-state index in [1.807, 2.05) is 6.07 Å². The molecular formula is C24H21ClN6O4S. The number of halogens is 1. The second kappa shape index (κ2) is 11.1. The topological polar surface area (TPSA) is 121 Å². The van der Waals surface area contributed by atoms with E-state index < -0.39 is 11.0 Å². The molecule has 0 unspecified atom stereocenters. The number of para-hydroxylation sites is 1. The molecule has 0 spiro atoms. The lowest BCUT2D eigenvalue weighted by atomic mass is 10.1. The molecule has 1 saturated heterocycles. The third kappa shape index (κ3) is 5.75. The van der Waals surface area contributed by atoms with Crippen LogP contribution in [0.5, 0.6) is 0 Å². The minimum Gasteiger partial charge on any atom is -0.368 e. The number of pyridine rings is 1. The second-order valence-electron chi connectivity index (χ2n) is 7.85. The average molecular weight is 525 g/mol. The number of hydrogen-bond donors (Lipinski definition) is 2. The first-order chi connectivity index (χ1) is 17.3. The Bertz CT molecular complexity index is 1270. The highest BCUT2D eigenvalue weighted by molar-refractivity contribution is 7.80. The number of carbonyl (C=O) groups excluding carboxylic acids is 2. The summed E-state index contributed by atoms with van der Waals surface area (Å²) in [5.41, 5.74) is 1.06. The molecule has 1 aliphatic rings. The van der Waals surface area contributed by atoms with Crippen LogP contribution in [0, 0.1) is 10.1 Å². The number of nitro groups is 1. The zero-order chi connectivity index (χ0) is 25.7. The van der Waals surface area contributed by atoms with E-state index in [1.54, 1.807) is 53.4 Å². The first-order valence-corrected chi connectivity index (χ1v) is 11.7. The van der Waals surface area contributed by atoms with Crippen molar-refractivity contribution in [3.05, 3.63) is 88.1 Å². The predicted octanol–water partition coefficient (Wildman–Crippen LogP) is 4.09. The number of carbonyl (C=O) groups is 2. The number of thiocarbonyl (C=S) groups is 1. The Morgan fingerprint density at radius 3 is 2.47 bits per heavy atom. The summed E-state index contributed by atoms with van der Waals surface area (Å²) in [6.45, 7) is 0.627. The normalized spacial score (nSPS) is 15.2. The zero-order valence-electron chi connectivity index (χ0n) is 18.8. The first kappa shape index (κ1) is 25.0. The van der Waals surface area contributed by atoms with Crippen LogP contribution in [0.25, 0.3) is 0 Å². The van der Waals surface area contributed by atoms with Crippen molar-refractivity contribution in [1.82, 2.24) is 9.88 Å². The quantitative estimate of drug-likeness (QED) is 0.244. The number of benzene rings is 2. The van der Waals surface area contributed by atoms with Crippen molar-refractivity contribution < 1.29 is 14.5 Å². The molecular weight excluding hydrogens is 504 g/mol. The van der Waals surface area contributed by atoms with Crippen molar-refractivity contribution in [1.29, 1.82) is 0 Å². The largest absolute Gasteiger partial charge is 0.368 e. The number of hydrogen-bond acceptors (Lipinski definition) is 7. The van der Waals surface area contributed by atoms with Crippen LogP contribution in [0.4, 0.5) is 22.9 Å². The third-order valence-corrected chi connectivity index (χ3v) is 6.13. The Morgan fingerprint density at radius 1 is 1.11 bits per heavy atom. The van der Waals surface area contributed by atoms with Crippen molar-refractivity contribution >= 4 is 63.6 Å². The summed E-state index contributed by atoms with van der Waals surface area (Å²) in [5, 5.41) is 17.5. The predicted molar refractivity (Wildman–Crippen MR) is 141 cm³/mol. The molecule has 4 rings (SSSR count). The lowest BCUT2D eigenvalue weighted by Crippen LogP contribution is -2.40. The molecule has 2 N–H and O–H groups in total. The van der Waals surface area contributed by atoms with Crippen molar-refractivity contribution in [2.24, 2.45) is 0 Å². The molecule has 1 fully saturated rings. The molecule has 1 atom stereocenters. The van der Waals surface area contributed by atoms with E-state index in [2.05, 4.69) is 15.6 Å². The molecule has 184 valence electrons. The van der Waals surface area contributed by atoms with Gasteiger partial charge in [-0.2, -0.15) is 0 Å². The summed E-state index contributed by atoms with van der Waals surface area (Å²) in [5.74, 6) is -0.205. The molecule has 0 bridgehead atoms. The molecule has 2 amide bonds. The van der Waals surface area contributed by atoms with Crippen LogP contribution in [0.15, 0.2) is 72.9 Å². The van der Waals surface area contributed by atoms with Crippen molar-refractivity contribution in [3.8, 4) is 0 Å². The van der Waals surface area contributed by atoms with E-state index in [0.29, 0.717) is 35.3 Å². The number of amides is 2. The zero-order valence-corrected chi connectivity index (χ0v) is 20.4. The third-order valence-electron chi connectivity index (χ3n) is 5.46. The van der Waals surface area contributed by atoms with Gasteiger partial charge in [0.25, 0.3) is 11.6 Å². The van der Waals surface area contributed by atoms with Gasteiger partial charge in [0.05, 0.1) is 17.0 Å². The fourth-order valence-electron chi connectivity index (χ4n) is 3.73. The van der Waals surface area contributed by atoms with E-state index in [-0.39, 0.29) is 29.0 Å². The lowest BCUT2D eigenvalue weighted by Gasteiger charge is -2.24. The molecule has 2 aromatic carbocycles. The molecule has 36 heavy (non-hydrogen) atoms. The molecule has 0 radical (unpaired) electrons. The van der Waals surface area contributed by atoms with Gasteiger partial charge in [0.15, 0.2) is 5.11 Å². The van der Waals surface area contributed by atoms with E-state index in [1.165, 1.54) is 17.0 Å². The molecule has 2 heterocycles. The SMILES string of the molecule is O=C(C[C@@H]1C(=O)N(c2ccccc2)C(=S)N1CCNc1ccc([N+](=O)[O-])cn1)Nc1ccc(Cl)cc1. The number of anilines is 3. The molecule has 0 saturated carbocycles. The Morgan fingerprint density at radius 2 is 1.83 bits per heavy atom. The minimum atomic E-state index is -0.809. The molecule has 12 heteroatoms. The van der Waals surface area contributed by atoms with E-state index in [9.17, 15) is 19.7 Å². The smallest absolute Gasteiger partial charge is 0.287 e. The highest BCUT2D eigenvalue weighted by atomic mass is 35.5. The summed E-state index contributed by atoms with van der Waals surface area (Å²) in [6.07, 6.45) is 1.05. The van der Waals surface area contributed by atoms with Crippen LogP contribution >= 0.6 is 23.8 Å². The average Bonchev–Trinajstić information content (AvgIpc) is 3.10. The maximum absolute atomic E-state index is 13.4. The Labute approximate surface area is 217 Å². The van der Waals surface area contributed by atoms with Crippen LogP contribution in [-0.2, 0) is 9.59 Å². The molecule has 1 aliphatic heterocycles. The fraction of sp³-hybridized carbons (Fsp3) is 0.167. The second-order valence-corrected chi connectivity index (χ2v) is 8.65. The molecule has 0 aliphatic carbocycles. The van der Waals surface area contributed by atoms with Crippen LogP contribution in [0.1, 0.15) is 6.42 Å². The van der Waals surface area contributed by atoms with Gasteiger partial charge in [-0.3, -0.25) is 24.6 Å². The summed E-state index contributed by atoms with van der Waals surface area (Å²) in [6, 6.07) is 17.7. The number of aromatic nitrogens is 1. The van der Waals surface area contributed by atoms with Gasteiger partial charge in [0, 0.05) is 29.9 Å². The minimum absolute atomic E-state index is 0.110. The molecule has 10 nitrogen and oxygen atoms in total.